The van der Waals surface area contributed by atoms with Crippen LogP contribution in [0.25, 0.3) is 10.8 Å². The Labute approximate surface area is 172 Å². The number of esters is 1. The van der Waals surface area contributed by atoms with Gasteiger partial charge in [-0.1, -0.05) is 18.2 Å². The summed E-state index contributed by atoms with van der Waals surface area (Å²) in [6.07, 6.45) is 0.635. The number of carbonyl (C=O) groups is 1. The molecule has 1 saturated heterocycles. The molecule has 3 rings (SSSR count). The molecule has 2 aromatic carbocycles. The maximum atomic E-state index is 12.3. The minimum absolute atomic E-state index is 0.0176. The number of methoxy groups -OCH3 is 1. The smallest absolute Gasteiger partial charge is 0.315 e. The lowest BCUT2D eigenvalue weighted by atomic mass is 9.81. The summed E-state index contributed by atoms with van der Waals surface area (Å²) in [4.78, 5) is 14.3. The fourth-order valence-corrected chi connectivity index (χ4v) is 3.68. The average molecular weight is 402 g/mol. The van der Waals surface area contributed by atoms with Gasteiger partial charge in [-0.2, -0.15) is 0 Å². The number of likely N-dealkylation sites (N-methyl/N-ethyl adjacent to an activating group) is 1. The van der Waals surface area contributed by atoms with Gasteiger partial charge in [0.05, 0.1) is 13.2 Å². The highest BCUT2D eigenvalue weighted by atomic mass is 16.5. The van der Waals surface area contributed by atoms with Gasteiger partial charge < -0.3 is 24.2 Å². The van der Waals surface area contributed by atoms with Crippen molar-refractivity contribution < 1.29 is 24.1 Å². The van der Waals surface area contributed by atoms with Crippen LogP contribution in [-0.4, -0.2) is 63.0 Å². The van der Waals surface area contributed by atoms with Crippen LogP contribution in [0.15, 0.2) is 36.4 Å². The standard InChI is InChI=1S/C23H31NO5/c1-16(24(2)3)21(25)19-6-5-18-14-20(8-7-17(18)13-19)29-15-23(22(26)27-4)9-11-28-12-10-23/h5-8,13-14,16,21,25H,9-12,15H2,1-4H3. The molecule has 0 aliphatic carbocycles. The van der Waals surface area contributed by atoms with Crippen LogP contribution in [0.4, 0.5) is 0 Å². The first-order valence-corrected chi connectivity index (χ1v) is 10.0. The fourth-order valence-electron chi connectivity index (χ4n) is 3.68. The molecule has 2 aromatic rings. The van der Waals surface area contributed by atoms with E-state index in [0.717, 1.165) is 16.3 Å². The number of hydrogen-bond donors (Lipinski definition) is 1. The van der Waals surface area contributed by atoms with E-state index in [1.807, 2.05) is 62.3 Å². The van der Waals surface area contributed by atoms with Crippen molar-refractivity contribution in [1.82, 2.24) is 4.90 Å². The van der Waals surface area contributed by atoms with E-state index in [0.29, 0.717) is 31.8 Å². The van der Waals surface area contributed by atoms with Crippen LogP contribution in [0.3, 0.4) is 0 Å². The maximum Gasteiger partial charge on any atom is 0.315 e. The third-order valence-electron chi connectivity index (χ3n) is 6.03. The molecule has 0 amide bonds. The van der Waals surface area contributed by atoms with E-state index in [1.54, 1.807) is 0 Å². The van der Waals surface area contributed by atoms with Crippen molar-refractivity contribution in [2.45, 2.75) is 31.9 Å². The molecule has 6 heteroatoms. The predicted octanol–water partition coefficient (Wildman–Crippen LogP) is 3.17. The van der Waals surface area contributed by atoms with Crippen molar-refractivity contribution >= 4 is 16.7 Å². The van der Waals surface area contributed by atoms with Gasteiger partial charge in [0, 0.05) is 19.3 Å². The molecule has 1 fully saturated rings. The predicted molar refractivity (Wildman–Crippen MR) is 112 cm³/mol. The van der Waals surface area contributed by atoms with Crippen LogP contribution in [0.5, 0.6) is 5.75 Å². The molecular weight excluding hydrogens is 370 g/mol. The van der Waals surface area contributed by atoms with Crippen LogP contribution in [0.1, 0.15) is 31.4 Å². The van der Waals surface area contributed by atoms with E-state index >= 15 is 0 Å². The number of nitrogens with zero attached hydrogens (tertiary/aromatic N) is 1. The van der Waals surface area contributed by atoms with Gasteiger partial charge in [-0.05, 0) is 68.4 Å². The van der Waals surface area contributed by atoms with Gasteiger partial charge in [0.15, 0.2) is 0 Å². The van der Waals surface area contributed by atoms with Crippen molar-refractivity contribution in [1.29, 1.82) is 0 Å². The molecule has 0 bridgehead atoms. The lowest BCUT2D eigenvalue weighted by Crippen LogP contribution is -2.42. The Balaban J connectivity index is 1.76. The first kappa shape index (κ1) is 21.6. The topological polar surface area (TPSA) is 68.2 Å². The zero-order valence-electron chi connectivity index (χ0n) is 17.7. The Bertz CT molecular complexity index is 844. The summed E-state index contributed by atoms with van der Waals surface area (Å²) >= 11 is 0. The molecule has 29 heavy (non-hydrogen) atoms. The summed E-state index contributed by atoms with van der Waals surface area (Å²) in [5.41, 5.74) is 0.234. The lowest BCUT2D eigenvalue weighted by molar-refractivity contribution is -0.161. The largest absolute Gasteiger partial charge is 0.492 e. The molecule has 1 aliphatic rings. The highest BCUT2D eigenvalue weighted by molar-refractivity contribution is 5.84. The van der Waals surface area contributed by atoms with Crippen LogP contribution in [0.2, 0.25) is 0 Å². The molecular formula is C23H31NO5. The molecule has 158 valence electrons. The Kier molecular flexibility index (Phi) is 6.77. The number of ether oxygens (including phenoxy) is 3. The third-order valence-corrected chi connectivity index (χ3v) is 6.03. The summed E-state index contributed by atoms with van der Waals surface area (Å²) in [7, 11) is 5.33. The van der Waals surface area contributed by atoms with Crippen molar-refractivity contribution in [3.05, 3.63) is 42.0 Å². The van der Waals surface area contributed by atoms with Gasteiger partial charge >= 0.3 is 5.97 Å². The minimum atomic E-state index is -0.655. The van der Waals surface area contributed by atoms with Crippen molar-refractivity contribution in [3.8, 4) is 5.75 Å². The molecule has 2 unspecified atom stereocenters. The van der Waals surface area contributed by atoms with Crippen LogP contribution in [-0.2, 0) is 14.3 Å². The first-order chi connectivity index (χ1) is 13.9. The lowest BCUT2D eigenvalue weighted by Gasteiger charge is -2.33. The van der Waals surface area contributed by atoms with Crippen LogP contribution >= 0.6 is 0 Å². The third kappa shape index (κ3) is 4.71. The Morgan fingerprint density at radius 1 is 1.17 bits per heavy atom. The number of carbonyl (C=O) groups excluding carboxylic acids is 1. The first-order valence-electron chi connectivity index (χ1n) is 10.0. The SMILES string of the molecule is COC(=O)C1(COc2ccc3cc(C(O)C(C)N(C)C)ccc3c2)CCOCC1. The van der Waals surface area contributed by atoms with Gasteiger partial charge in [-0.3, -0.25) is 4.79 Å². The zero-order valence-corrected chi connectivity index (χ0v) is 17.7. The fraction of sp³-hybridized carbons (Fsp3) is 0.522. The van der Waals surface area contributed by atoms with Crippen molar-refractivity contribution in [3.63, 3.8) is 0 Å². The van der Waals surface area contributed by atoms with Gasteiger partial charge in [-0.15, -0.1) is 0 Å². The Morgan fingerprint density at radius 2 is 1.83 bits per heavy atom. The number of aliphatic hydroxyl groups is 1. The molecule has 6 nitrogen and oxygen atoms in total. The second kappa shape index (κ2) is 9.11. The van der Waals surface area contributed by atoms with E-state index in [1.165, 1.54) is 7.11 Å². The second-order valence-corrected chi connectivity index (χ2v) is 8.09. The maximum absolute atomic E-state index is 12.3. The van der Waals surface area contributed by atoms with Gasteiger partial charge in [0.25, 0.3) is 0 Å². The van der Waals surface area contributed by atoms with Gasteiger partial charge in [-0.25, -0.2) is 0 Å². The highest BCUT2D eigenvalue weighted by Crippen LogP contribution is 2.34. The highest BCUT2D eigenvalue weighted by Gasteiger charge is 2.42. The van der Waals surface area contributed by atoms with E-state index < -0.39 is 11.5 Å². The molecule has 1 aliphatic heterocycles. The van der Waals surface area contributed by atoms with Gasteiger partial charge in [0.2, 0.25) is 0 Å². The molecule has 1 heterocycles. The normalized spacial score (nSPS) is 18.4. The average Bonchev–Trinajstić information content (AvgIpc) is 2.76. The quantitative estimate of drug-likeness (QED) is 0.719. The second-order valence-electron chi connectivity index (χ2n) is 8.09. The summed E-state index contributed by atoms with van der Waals surface area (Å²) < 4.78 is 16.4. The van der Waals surface area contributed by atoms with Crippen LogP contribution < -0.4 is 4.74 Å². The van der Waals surface area contributed by atoms with Crippen molar-refractivity contribution in [2.24, 2.45) is 5.41 Å². The molecule has 0 radical (unpaired) electrons. The van der Waals surface area contributed by atoms with E-state index in [2.05, 4.69) is 0 Å². The molecule has 0 saturated carbocycles. The minimum Gasteiger partial charge on any atom is -0.492 e. The summed E-state index contributed by atoms with van der Waals surface area (Å²) in [5.74, 6) is 0.470. The molecule has 0 aromatic heterocycles. The molecule has 2 atom stereocenters. The molecule has 0 spiro atoms. The number of aliphatic hydroxyl groups excluding tert-OH is 1. The zero-order chi connectivity index (χ0) is 21.0. The van der Waals surface area contributed by atoms with Crippen molar-refractivity contribution in [2.75, 3.05) is 41.0 Å². The number of hydrogen-bond acceptors (Lipinski definition) is 6. The number of fused-ring (bicyclic) bond motifs is 1. The van der Waals surface area contributed by atoms with Crippen LogP contribution in [0, 0.1) is 5.41 Å². The molecule has 1 N–H and O–H groups in total. The Morgan fingerprint density at radius 3 is 2.48 bits per heavy atom. The van der Waals surface area contributed by atoms with Gasteiger partial charge in [0.1, 0.15) is 17.8 Å². The Hall–Kier alpha value is -2.15. The van der Waals surface area contributed by atoms with E-state index in [9.17, 15) is 9.90 Å². The van der Waals surface area contributed by atoms with E-state index in [-0.39, 0.29) is 18.6 Å². The number of benzene rings is 2. The van der Waals surface area contributed by atoms with E-state index in [4.69, 9.17) is 14.2 Å². The number of rotatable bonds is 7. The summed E-state index contributed by atoms with van der Waals surface area (Å²) in [6, 6.07) is 11.8. The summed E-state index contributed by atoms with van der Waals surface area (Å²) in [6.45, 7) is 3.34. The summed E-state index contributed by atoms with van der Waals surface area (Å²) in [5, 5.41) is 12.6. The monoisotopic (exact) mass is 401 g/mol.